The van der Waals surface area contributed by atoms with E-state index in [0.717, 1.165) is 0 Å². The summed E-state index contributed by atoms with van der Waals surface area (Å²) in [6, 6.07) is 7.06. The Bertz CT molecular complexity index is 744. The van der Waals surface area contributed by atoms with Crippen molar-refractivity contribution in [1.29, 1.82) is 0 Å². The molecular formula is C16H16ClN3O3. The minimum absolute atomic E-state index is 0.207. The van der Waals surface area contributed by atoms with Crippen LogP contribution in [0.5, 0.6) is 0 Å². The first kappa shape index (κ1) is 15.6. The van der Waals surface area contributed by atoms with Crippen LogP contribution in [0.4, 0.5) is 5.69 Å². The quantitative estimate of drug-likeness (QED) is 0.871. The Hall–Kier alpha value is -2.34. The monoisotopic (exact) mass is 333 g/mol. The number of aromatic nitrogens is 1. The molecule has 2 amide bonds. The summed E-state index contributed by atoms with van der Waals surface area (Å²) in [7, 11) is 0. The molecule has 0 unspecified atom stereocenters. The summed E-state index contributed by atoms with van der Waals surface area (Å²) in [6.45, 7) is 2.53. The van der Waals surface area contributed by atoms with Gasteiger partial charge in [0.1, 0.15) is 17.4 Å². The zero-order valence-electron chi connectivity index (χ0n) is 12.6. The van der Waals surface area contributed by atoms with E-state index in [1.165, 1.54) is 6.39 Å². The summed E-state index contributed by atoms with van der Waals surface area (Å²) in [5.74, 6) is -0.520. The van der Waals surface area contributed by atoms with Crippen molar-refractivity contribution < 1.29 is 14.0 Å². The van der Waals surface area contributed by atoms with Gasteiger partial charge in [-0.05, 0) is 31.5 Å². The number of aryl methyl sites for hydroxylation is 1. The molecule has 1 aliphatic heterocycles. The van der Waals surface area contributed by atoms with Gasteiger partial charge in [0.2, 0.25) is 11.8 Å². The topological polar surface area (TPSA) is 75.4 Å². The Balaban J connectivity index is 1.64. The number of nitrogens with one attached hydrogen (secondary N) is 1. The number of amides is 2. The van der Waals surface area contributed by atoms with E-state index in [9.17, 15) is 9.59 Å². The zero-order valence-corrected chi connectivity index (χ0v) is 13.3. The highest BCUT2D eigenvalue weighted by atomic mass is 35.5. The summed E-state index contributed by atoms with van der Waals surface area (Å²) in [6.07, 6.45) is 1.81. The van der Waals surface area contributed by atoms with E-state index in [1.54, 1.807) is 30.0 Å². The molecule has 1 aliphatic rings. The molecule has 23 heavy (non-hydrogen) atoms. The summed E-state index contributed by atoms with van der Waals surface area (Å²) in [4.78, 5) is 30.3. The van der Waals surface area contributed by atoms with Crippen LogP contribution in [0.15, 0.2) is 35.1 Å². The van der Waals surface area contributed by atoms with Gasteiger partial charge in [0.25, 0.3) is 0 Å². The van der Waals surface area contributed by atoms with Crippen LogP contribution in [0.25, 0.3) is 0 Å². The third-order valence-electron chi connectivity index (χ3n) is 3.92. The van der Waals surface area contributed by atoms with Gasteiger partial charge in [-0.15, -0.1) is 0 Å². The molecule has 6 nitrogen and oxygen atoms in total. The van der Waals surface area contributed by atoms with Crippen molar-refractivity contribution in [3.05, 3.63) is 47.1 Å². The largest absolute Gasteiger partial charge is 0.448 e. The SMILES string of the molecule is Cc1ocnc1CNC(=O)[C@@H]1CCN(c2cccc(Cl)c2)C1=O. The number of benzene rings is 1. The van der Waals surface area contributed by atoms with Crippen LogP contribution in [-0.2, 0) is 16.1 Å². The minimum Gasteiger partial charge on any atom is -0.448 e. The van der Waals surface area contributed by atoms with Gasteiger partial charge in [-0.25, -0.2) is 4.98 Å². The molecule has 3 rings (SSSR count). The molecular weight excluding hydrogens is 318 g/mol. The predicted molar refractivity (Wildman–Crippen MR) is 85.0 cm³/mol. The van der Waals surface area contributed by atoms with Crippen LogP contribution in [-0.4, -0.2) is 23.3 Å². The summed E-state index contributed by atoms with van der Waals surface area (Å²) < 4.78 is 5.08. The number of nitrogens with zero attached hydrogens (tertiary/aromatic N) is 2. The lowest BCUT2D eigenvalue weighted by Gasteiger charge is -2.17. The second kappa shape index (κ2) is 6.42. The maximum absolute atomic E-state index is 12.5. The second-order valence-electron chi connectivity index (χ2n) is 5.38. The number of anilines is 1. The van der Waals surface area contributed by atoms with Crippen LogP contribution in [0.1, 0.15) is 17.9 Å². The molecule has 0 radical (unpaired) electrons. The van der Waals surface area contributed by atoms with Gasteiger partial charge in [0.15, 0.2) is 6.39 Å². The number of carbonyl (C=O) groups excluding carboxylic acids is 2. The number of carbonyl (C=O) groups is 2. The van der Waals surface area contributed by atoms with E-state index in [-0.39, 0.29) is 18.4 Å². The molecule has 2 heterocycles. The highest BCUT2D eigenvalue weighted by molar-refractivity contribution is 6.31. The van der Waals surface area contributed by atoms with E-state index in [2.05, 4.69) is 10.3 Å². The Kier molecular flexibility index (Phi) is 4.34. The fourth-order valence-electron chi connectivity index (χ4n) is 2.62. The third kappa shape index (κ3) is 3.22. The van der Waals surface area contributed by atoms with Gasteiger partial charge in [0, 0.05) is 17.3 Å². The lowest BCUT2D eigenvalue weighted by Crippen LogP contribution is -2.36. The molecule has 2 aromatic rings. The highest BCUT2D eigenvalue weighted by Crippen LogP contribution is 2.27. The molecule has 0 saturated carbocycles. The molecule has 7 heteroatoms. The van der Waals surface area contributed by atoms with Crippen molar-refractivity contribution in [2.45, 2.75) is 19.9 Å². The van der Waals surface area contributed by atoms with Gasteiger partial charge in [-0.3, -0.25) is 9.59 Å². The maximum atomic E-state index is 12.5. The van der Waals surface area contributed by atoms with Crippen molar-refractivity contribution >= 4 is 29.1 Å². The molecule has 1 fully saturated rings. The first-order valence-electron chi connectivity index (χ1n) is 7.30. The Labute approximate surface area is 138 Å². The lowest BCUT2D eigenvalue weighted by atomic mass is 10.1. The highest BCUT2D eigenvalue weighted by Gasteiger charge is 2.37. The molecule has 0 spiro atoms. The van der Waals surface area contributed by atoms with Crippen LogP contribution >= 0.6 is 11.6 Å². The summed E-state index contributed by atoms with van der Waals surface area (Å²) in [5, 5.41) is 3.31. The molecule has 1 aromatic carbocycles. The van der Waals surface area contributed by atoms with Crippen molar-refractivity contribution in [2.24, 2.45) is 5.92 Å². The molecule has 0 bridgehead atoms. The van der Waals surface area contributed by atoms with Crippen molar-refractivity contribution in [1.82, 2.24) is 10.3 Å². The predicted octanol–water partition coefficient (Wildman–Crippen LogP) is 2.31. The van der Waals surface area contributed by atoms with Gasteiger partial charge < -0.3 is 14.6 Å². The normalized spacial score (nSPS) is 17.6. The van der Waals surface area contributed by atoms with Gasteiger partial charge >= 0.3 is 0 Å². The van der Waals surface area contributed by atoms with E-state index < -0.39 is 5.92 Å². The number of hydrogen-bond acceptors (Lipinski definition) is 4. The summed E-state index contributed by atoms with van der Waals surface area (Å²) >= 11 is 5.96. The zero-order chi connectivity index (χ0) is 16.4. The van der Waals surface area contributed by atoms with Gasteiger partial charge in [-0.1, -0.05) is 17.7 Å². The van der Waals surface area contributed by atoms with Crippen LogP contribution in [0.3, 0.4) is 0 Å². The number of hydrogen-bond donors (Lipinski definition) is 1. The first-order valence-corrected chi connectivity index (χ1v) is 7.67. The Morgan fingerprint density at radius 1 is 1.52 bits per heavy atom. The standard InChI is InChI=1S/C16H16ClN3O3/c1-10-14(19-9-23-10)8-18-15(21)13-5-6-20(16(13)22)12-4-2-3-11(17)7-12/h2-4,7,9,13H,5-6,8H2,1H3,(H,18,21)/t13-/m0/s1. The average molecular weight is 334 g/mol. The number of rotatable bonds is 4. The second-order valence-corrected chi connectivity index (χ2v) is 5.82. The lowest BCUT2D eigenvalue weighted by molar-refractivity contribution is -0.132. The van der Waals surface area contributed by atoms with Crippen LogP contribution < -0.4 is 10.2 Å². The van der Waals surface area contributed by atoms with Gasteiger partial charge in [-0.2, -0.15) is 0 Å². The maximum Gasteiger partial charge on any atom is 0.239 e. The van der Waals surface area contributed by atoms with Crippen molar-refractivity contribution in [3.8, 4) is 0 Å². The fraction of sp³-hybridized carbons (Fsp3) is 0.312. The third-order valence-corrected chi connectivity index (χ3v) is 4.15. The number of oxazole rings is 1. The molecule has 0 aliphatic carbocycles. The molecule has 1 N–H and O–H groups in total. The van der Waals surface area contributed by atoms with Crippen LogP contribution in [0, 0.1) is 12.8 Å². The molecule has 1 atom stereocenters. The Morgan fingerprint density at radius 2 is 2.35 bits per heavy atom. The smallest absolute Gasteiger partial charge is 0.239 e. The van der Waals surface area contributed by atoms with Gasteiger partial charge in [0.05, 0.1) is 6.54 Å². The molecule has 1 saturated heterocycles. The van der Waals surface area contributed by atoms with E-state index >= 15 is 0 Å². The van der Waals surface area contributed by atoms with Crippen molar-refractivity contribution in [3.63, 3.8) is 0 Å². The number of halogens is 1. The molecule has 120 valence electrons. The average Bonchev–Trinajstić information content (AvgIpc) is 3.11. The van der Waals surface area contributed by atoms with E-state index in [4.69, 9.17) is 16.0 Å². The van der Waals surface area contributed by atoms with Crippen molar-refractivity contribution in [2.75, 3.05) is 11.4 Å². The van der Waals surface area contributed by atoms with Crippen LogP contribution in [0.2, 0.25) is 5.02 Å². The summed E-state index contributed by atoms with van der Waals surface area (Å²) in [5.41, 5.74) is 1.38. The molecule has 1 aromatic heterocycles. The minimum atomic E-state index is -0.679. The van der Waals surface area contributed by atoms with E-state index in [1.807, 2.05) is 6.07 Å². The first-order chi connectivity index (χ1) is 11.1. The Morgan fingerprint density at radius 3 is 3.04 bits per heavy atom. The van der Waals surface area contributed by atoms with E-state index in [0.29, 0.717) is 35.1 Å². The fourth-order valence-corrected chi connectivity index (χ4v) is 2.80.